The van der Waals surface area contributed by atoms with Gasteiger partial charge in [-0.3, -0.25) is 4.90 Å². The third kappa shape index (κ3) is 7.15. The lowest BCUT2D eigenvalue weighted by molar-refractivity contribution is -0.192. The quantitative estimate of drug-likeness (QED) is 0.408. The largest absolute Gasteiger partial charge is 0.490 e. The van der Waals surface area contributed by atoms with E-state index in [-0.39, 0.29) is 0 Å². The Morgan fingerprint density at radius 1 is 1.03 bits per heavy atom. The molecule has 5 rings (SSSR count). The number of piperazine rings is 1. The number of aliphatic carboxylic acids is 1. The molecule has 1 aromatic heterocycles. The number of carboxylic acid groups (broad SMARTS) is 1. The number of alkyl halides is 3. The molecule has 0 unspecified atom stereocenters. The summed E-state index contributed by atoms with van der Waals surface area (Å²) in [4.78, 5) is 23.6. The SMILES string of the molecule is Clc1ccc(Cl)c(CN2CCN(c3nc4ccccc4nc3NC3CCC3)CC2)c1.O=C(O)C(F)(F)F. The molecule has 2 aliphatic rings. The highest BCUT2D eigenvalue weighted by Gasteiger charge is 2.38. The van der Waals surface area contributed by atoms with Crippen molar-refractivity contribution >= 4 is 51.8 Å². The molecular weight excluding hydrogens is 530 g/mol. The number of para-hydroxylation sites is 2. The van der Waals surface area contributed by atoms with Crippen LogP contribution in [0.3, 0.4) is 0 Å². The number of hydrogen-bond acceptors (Lipinski definition) is 6. The molecule has 1 saturated carbocycles. The van der Waals surface area contributed by atoms with Crippen molar-refractivity contribution in [3.8, 4) is 0 Å². The minimum absolute atomic E-state index is 0.519. The second-order valence-corrected chi connectivity index (χ2v) is 9.80. The number of rotatable bonds is 5. The van der Waals surface area contributed by atoms with Crippen molar-refractivity contribution in [3.63, 3.8) is 0 Å². The molecule has 0 bridgehead atoms. The summed E-state index contributed by atoms with van der Waals surface area (Å²) in [6.45, 7) is 4.51. The lowest BCUT2D eigenvalue weighted by Crippen LogP contribution is -2.46. The molecule has 1 saturated heterocycles. The molecule has 2 heterocycles. The Labute approximate surface area is 222 Å². The Bertz CT molecular complexity index is 1250. The number of aromatic nitrogens is 2. The van der Waals surface area contributed by atoms with Gasteiger partial charge in [0.25, 0.3) is 0 Å². The fourth-order valence-corrected chi connectivity index (χ4v) is 4.45. The Kier molecular flexibility index (Phi) is 8.61. The molecular formula is C25H26Cl2F3N5O2. The van der Waals surface area contributed by atoms with Gasteiger partial charge >= 0.3 is 12.1 Å². The molecule has 0 atom stereocenters. The predicted octanol–water partition coefficient (Wildman–Crippen LogP) is 5.86. The highest BCUT2D eigenvalue weighted by molar-refractivity contribution is 6.33. The number of benzene rings is 2. The first-order valence-electron chi connectivity index (χ1n) is 11.8. The van der Waals surface area contributed by atoms with Gasteiger partial charge in [-0.25, -0.2) is 14.8 Å². The van der Waals surface area contributed by atoms with Crippen LogP contribution >= 0.6 is 23.2 Å². The van der Waals surface area contributed by atoms with E-state index in [1.165, 1.54) is 19.3 Å². The normalized spacial score (nSPS) is 16.6. The van der Waals surface area contributed by atoms with Crippen LogP contribution in [-0.2, 0) is 11.3 Å². The molecule has 198 valence electrons. The van der Waals surface area contributed by atoms with Gasteiger partial charge in [0.15, 0.2) is 11.6 Å². The standard InChI is InChI=1S/C23H25Cl2N5.C2HF3O2/c24-17-8-9-19(25)16(14-17)15-29-10-12-30(13-11-29)23-22(26-18-4-3-5-18)27-20-6-1-2-7-21(20)28-23;3-2(4,5)1(6)7/h1-2,6-9,14,18H,3-5,10-13,15H2,(H,26,27);(H,6,7). The molecule has 2 N–H and O–H groups in total. The van der Waals surface area contributed by atoms with Crippen molar-refractivity contribution in [1.82, 2.24) is 14.9 Å². The Balaban J connectivity index is 0.000000405. The minimum Gasteiger partial charge on any atom is -0.475 e. The number of carbonyl (C=O) groups is 1. The lowest BCUT2D eigenvalue weighted by Gasteiger charge is -2.37. The Morgan fingerprint density at radius 2 is 1.65 bits per heavy atom. The number of nitrogens with one attached hydrogen (secondary N) is 1. The topological polar surface area (TPSA) is 81.6 Å². The Hall–Kier alpha value is -2.82. The molecule has 0 amide bonds. The van der Waals surface area contributed by atoms with E-state index in [0.717, 1.165) is 71.0 Å². The molecule has 37 heavy (non-hydrogen) atoms. The smallest absolute Gasteiger partial charge is 0.475 e. The maximum Gasteiger partial charge on any atom is 0.490 e. The maximum absolute atomic E-state index is 10.6. The first kappa shape index (κ1) is 27.2. The second kappa shape index (κ2) is 11.7. The van der Waals surface area contributed by atoms with Crippen LogP contribution in [0.2, 0.25) is 10.0 Å². The van der Waals surface area contributed by atoms with Crippen molar-refractivity contribution in [2.45, 2.75) is 38.0 Å². The van der Waals surface area contributed by atoms with Crippen LogP contribution in [0.25, 0.3) is 11.0 Å². The molecule has 12 heteroatoms. The predicted molar refractivity (Wildman–Crippen MR) is 138 cm³/mol. The van der Waals surface area contributed by atoms with E-state index in [4.69, 9.17) is 43.1 Å². The molecule has 7 nitrogen and oxygen atoms in total. The van der Waals surface area contributed by atoms with Gasteiger partial charge in [-0.2, -0.15) is 13.2 Å². The summed E-state index contributed by atoms with van der Waals surface area (Å²) in [7, 11) is 0. The van der Waals surface area contributed by atoms with Crippen molar-refractivity contribution < 1.29 is 23.1 Å². The fraction of sp³-hybridized carbons (Fsp3) is 0.400. The second-order valence-electron chi connectivity index (χ2n) is 8.96. The number of anilines is 2. The third-order valence-electron chi connectivity index (χ3n) is 6.31. The average molecular weight is 556 g/mol. The van der Waals surface area contributed by atoms with E-state index >= 15 is 0 Å². The number of fused-ring (bicyclic) bond motifs is 1. The van der Waals surface area contributed by atoms with Crippen LogP contribution in [0.4, 0.5) is 24.8 Å². The van der Waals surface area contributed by atoms with Crippen molar-refractivity contribution in [1.29, 1.82) is 0 Å². The van der Waals surface area contributed by atoms with E-state index in [1.54, 1.807) is 0 Å². The number of hydrogen-bond donors (Lipinski definition) is 2. The fourth-order valence-electron chi connectivity index (χ4n) is 4.08. The maximum atomic E-state index is 10.6. The van der Waals surface area contributed by atoms with Crippen LogP contribution in [-0.4, -0.2) is 64.3 Å². The summed E-state index contributed by atoms with van der Waals surface area (Å²) in [6, 6.07) is 14.3. The average Bonchev–Trinajstić information content (AvgIpc) is 2.83. The van der Waals surface area contributed by atoms with Gasteiger partial charge in [0.05, 0.1) is 11.0 Å². The molecule has 1 aliphatic heterocycles. The zero-order valence-corrected chi connectivity index (χ0v) is 21.3. The summed E-state index contributed by atoms with van der Waals surface area (Å²) < 4.78 is 31.7. The molecule has 2 fully saturated rings. The Morgan fingerprint density at radius 3 is 2.22 bits per heavy atom. The van der Waals surface area contributed by atoms with E-state index in [0.29, 0.717) is 6.04 Å². The molecule has 3 aromatic rings. The van der Waals surface area contributed by atoms with Crippen molar-refractivity contribution in [2.24, 2.45) is 0 Å². The van der Waals surface area contributed by atoms with Crippen molar-refractivity contribution in [2.75, 3.05) is 36.4 Å². The molecule has 0 radical (unpaired) electrons. The van der Waals surface area contributed by atoms with E-state index in [9.17, 15) is 13.2 Å². The summed E-state index contributed by atoms with van der Waals surface area (Å²) in [5.74, 6) is -0.863. The van der Waals surface area contributed by atoms with Gasteiger partial charge in [0, 0.05) is 48.8 Å². The lowest BCUT2D eigenvalue weighted by atomic mass is 9.93. The highest BCUT2D eigenvalue weighted by atomic mass is 35.5. The van der Waals surface area contributed by atoms with Crippen LogP contribution in [0.5, 0.6) is 0 Å². The first-order valence-corrected chi connectivity index (χ1v) is 12.6. The molecule has 0 spiro atoms. The van der Waals surface area contributed by atoms with Gasteiger partial charge in [-0.05, 0) is 55.2 Å². The minimum atomic E-state index is -5.08. The zero-order chi connectivity index (χ0) is 26.6. The molecule has 2 aromatic carbocycles. The highest BCUT2D eigenvalue weighted by Crippen LogP contribution is 2.31. The first-order chi connectivity index (χ1) is 17.6. The van der Waals surface area contributed by atoms with Gasteiger partial charge in [0.1, 0.15) is 0 Å². The van der Waals surface area contributed by atoms with E-state index < -0.39 is 12.1 Å². The summed E-state index contributed by atoms with van der Waals surface area (Å²) in [6.07, 6.45) is -1.37. The van der Waals surface area contributed by atoms with Crippen molar-refractivity contribution in [3.05, 3.63) is 58.1 Å². The van der Waals surface area contributed by atoms with Gasteiger partial charge in [-0.1, -0.05) is 35.3 Å². The number of halogens is 5. The van der Waals surface area contributed by atoms with Crippen LogP contribution in [0, 0.1) is 0 Å². The van der Waals surface area contributed by atoms with E-state index in [1.807, 2.05) is 42.5 Å². The number of carboxylic acids is 1. The van der Waals surface area contributed by atoms with Gasteiger partial charge in [0.2, 0.25) is 0 Å². The van der Waals surface area contributed by atoms with Crippen LogP contribution in [0.15, 0.2) is 42.5 Å². The van der Waals surface area contributed by atoms with Gasteiger partial charge < -0.3 is 15.3 Å². The third-order valence-corrected chi connectivity index (χ3v) is 6.92. The zero-order valence-electron chi connectivity index (χ0n) is 19.8. The molecule has 1 aliphatic carbocycles. The number of nitrogens with zero attached hydrogens (tertiary/aromatic N) is 4. The van der Waals surface area contributed by atoms with E-state index in [2.05, 4.69) is 15.1 Å². The monoisotopic (exact) mass is 555 g/mol. The summed E-state index contributed by atoms with van der Waals surface area (Å²) >= 11 is 12.5. The van der Waals surface area contributed by atoms with Crippen LogP contribution < -0.4 is 10.2 Å². The van der Waals surface area contributed by atoms with Gasteiger partial charge in [-0.15, -0.1) is 0 Å². The summed E-state index contributed by atoms with van der Waals surface area (Å²) in [5.41, 5.74) is 2.97. The summed E-state index contributed by atoms with van der Waals surface area (Å²) in [5, 5.41) is 12.3. The van der Waals surface area contributed by atoms with Crippen LogP contribution in [0.1, 0.15) is 24.8 Å².